The predicted molar refractivity (Wildman–Crippen MR) is 108 cm³/mol. The number of rotatable bonds is 2. The molecule has 0 radical (unpaired) electrons. The Balaban J connectivity index is 1.48. The van der Waals surface area contributed by atoms with Gasteiger partial charge in [0.25, 0.3) is 0 Å². The van der Waals surface area contributed by atoms with Gasteiger partial charge in [-0.2, -0.15) is 0 Å². The summed E-state index contributed by atoms with van der Waals surface area (Å²) in [6.45, 7) is 4.98. The van der Waals surface area contributed by atoms with Crippen LogP contribution < -0.4 is 0 Å². The fourth-order valence-corrected chi connectivity index (χ4v) is 4.55. The Labute approximate surface area is 165 Å². The zero-order chi connectivity index (χ0) is 19.9. The molecule has 7 heteroatoms. The van der Waals surface area contributed by atoms with E-state index < -0.39 is 0 Å². The number of hydrogen-bond acceptors (Lipinski definition) is 4. The van der Waals surface area contributed by atoms with E-state index in [9.17, 15) is 9.59 Å². The molecule has 3 heterocycles. The minimum Gasteiger partial charge on any atom is -0.346 e. The number of likely N-dealkylation sites (N-methyl/N-ethyl adjacent to an activating group) is 1. The summed E-state index contributed by atoms with van der Waals surface area (Å²) in [5.74, 6) is 1.25. The van der Waals surface area contributed by atoms with E-state index >= 15 is 0 Å². The fourth-order valence-electron chi connectivity index (χ4n) is 4.55. The molecule has 28 heavy (non-hydrogen) atoms. The van der Waals surface area contributed by atoms with Gasteiger partial charge < -0.3 is 14.8 Å². The van der Waals surface area contributed by atoms with Crippen molar-refractivity contribution in [1.29, 1.82) is 0 Å². The molecule has 0 aliphatic carbocycles. The van der Waals surface area contributed by atoms with Crippen LogP contribution in [-0.2, 0) is 16.0 Å². The zero-order valence-electron chi connectivity index (χ0n) is 17.0. The molecule has 150 valence electrons. The van der Waals surface area contributed by atoms with E-state index in [2.05, 4.69) is 21.9 Å². The lowest BCUT2D eigenvalue weighted by Gasteiger charge is -2.49. The summed E-state index contributed by atoms with van der Waals surface area (Å²) in [7, 11) is 4.01. The Hall–Kier alpha value is -2.41. The molecule has 2 aliphatic rings. The van der Waals surface area contributed by atoms with Crippen molar-refractivity contribution in [1.82, 2.24) is 24.7 Å². The lowest BCUT2D eigenvalue weighted by molar-refractivity contribution is -0.136. The second kappa shape index (κ2) is 7.20. The number of fused-ring (bicyclic) bond motifs is 1. The number of piperazine rings is 1. The molecule has 4 rings (SSSR count). The molecule has 2 amide bonds. The normalized spacial score (nSPS) is 24.2. The van der Waals surface area contributed by atoms with Crippen LogP contribution in [0.15, 0.2) is 18.2 Å². The average Bonchev–Trinajstić information content (AvgIpc) is 2.98. The van der Waals surface area contributed by atoms with Gasteiger partial charge in [0.2, 0.25) is 11.8 Å². The number of carbonyl (C=O) groups is 2. The van der Waals surface area contributed by atoms with E-state index in [0.717, 1.165) is 54.9 Å². The Morgan fingerprint density at radius 1 is 1.21 bits per heavy atom. The van der Waals surface area contributed by atoms with Crippen molar-refractivity contribution < 1.29 is 9.59 Å². The molecule has 2 aliphatic heterocycles. The largest absolute Gasteiger partial charge is 0.346 e. The molecule has 0 unspecified atom stereocenters. The van der Waals surface area contributed by atoms with Crippen LogP contribution in [0.2, 0.25) is 0 Å². The third kappa shape index (κ3) is 3.51. The number of aromatic nitrogens is 2. The average molecular weight is 383 g/mol. The summed E-state index contributed by atoms with van der Waals surface area (Å²) in [5.41, 5.74) is 2.81. The number of likely N-dealkylation sites (tertiary alicyclic amines) is 1. The molecule has 0 bridgehead atoms. The molecular formula is C21H29N5O2. The van der Waals surface area contributed by atoms with Crippen molar-refractivity contribution in [2.75, 3.05) is 40.3 Å². The molecular weight excluding hydrogens is 354 g/mol. The smallest absolute Gasteiger partial charge is 0.227 e. The number of hydrogen-bond donors (Lipinski definition) is 1. The van der Waals surface area contributed by atoms with E-state index in [1.807, 2.05) is 42.0 Å². The fraction of sp³-hybridized carbons (Fsp3) is 0.571. The number of benzene rings is 1. The first-order valence-electron chi connectivity index (χ1n) is 10.0. The minimum absolute atomic E-state index is 0.0984. The number of nitrogens with zero attached hydrogens (tertiary/aromatic N) is 4. The zero-order valence-corrected chi connectivity index (χ0v) is 17.0. The topological polar surface area (TPSA) is 72.5 Å². The Morgan fingerprint density at radius 3 is 2.86 bits per heavy atom. The highest BCUT2D eigenvalue weighted by Crippen LogP contribution is 2.32. The van der Waals surface area contributed by atoms with Gasteiger partial charge in [0, 0.05) is 45.2 Å². The second-order valence-electron chi connectivity index (χ2n) is 8.38. The van der Waals surface area contributed by atoms with Crippen LogP contribution >= 0.6 is 0 Å². The maximum absolute atomic E-state index is 13.1. The van der Waals surface area contributed by atoms with E-state index in [4.69, 9.17) is 0 Å². The van der Waals surface area contributed by atoms with Gasteiger partial charge in [-0.3, -0.25) is 14.5 Å². The van der Waals surface area contributed by atoms with Crippen molar-refractivity contribution in [3.8, 4) is 0 Å². The van der Waals surface area contributed by atoms with Gasteiger partial charge in [0.05, 0.1) is 17.5 Å². The maximum Gasteiger partial charge on any atom is 0.227 e. The van der Waals surface area contributed by atoms with Gasteiger partial charge in [0.15, 0.2) is 0 Å². The molecule has 1 N–H and O–H groups in total. The monoisotopic (exact) mass is 383 g/mol. The summed E-state index contributed by atoms with van der Waals surface area (Å²) in [4.78, 5) is 39.0. The van der Waals surface area contributed by atoms with Crippen molar-refractivity contribution >= 4 is 22.8 Å². The summed E-state index contributed by atoms with van der Waals surface area (Å²) >= 11 is 0. The summed E-state index contributed by atoms with van der Waals surface area (Å²) in [5, 5.41) is 0. The number of carbonyl (C=O) groups excluding carboxylic acids is 2. The molecule has 2 fully saturated rings. The first-order valence-corrected chi connectivity index (χ1v) is 10.0. The molecule has 1 atom stereocenters. The van der Waals surface area contributed by atoms with Gasteiger partial charge in [-0.25, -0.2) is 4.98 Å². The van der Waals surface area contributed by atoms with Crippen LogP contribution in [0.4, 0.5) is 0 Å². The van der Waals surface area contributed by atoms with E-state index in [1.54, 1.807) is 0 Å². The number of imidazole rings is 1. The van der Waals surface area contributed by atoms with Crippen molar-refractivity contribution in [3.05, 3.63) is 29.6 Å². The second-order valence-corrected chi connectivity index (χ2v) is 8.38. The van der Waals surface area contributed by atoms with Gasteiger partial charge in [-0.1, -0.05) is 6.07 Å². The number of aryl methyl sites for hydroxylation is 1. The number of H-pyrrole nitrogens is 1. The molecule has 0 saturated carbocycles. The predicted octanol–water partition coefficient (Wildman–Crippen LogP) is 1.57. The number of amides is 2. The molecule has 7 nitrogen and oxygen atoms in total. The molecule has 2 aromatic rings. The quantitative estimate of drug-likeness (QED) is 0.854. The first kappa shape index (κ1) is 18.9. The molecule has 2 saturated heterocycles. The Kier molecular flexibility index (Phi) is 4.87. The van der Waals surface area contributed by atoms with Gasteiger partial charge >= 0.3 is 0 Å². The SMILES string of the molecule is Cc1nc2ccc(CC(=O)N3CCN(C)[C@]4(CCC(=O)N(C)CC4)C3)cc2[nH]1. The molecule has 1 aromatic carbocycles. The van der Waals surface area contributed by atoms with Crippen LogP contribution in [0.3, 0.4) is 0 Å². The van der Waals surface area contributed by atoms with Crippen LogP contribution in [0.5, 0.6) is 0 Å². The highest BCUT2D eigenvalue weighted by Gasteiger charge is 2.42. The van der Waals surface area contributed by atoms with E-state index in [0.29, 0.717) is 19.4 Å². The molecule has 1 spiro atoms. The minimum atomic E-state index is -0.0984. The van der Waals surface area contributed by atoms with Gasteiger partial charge in [-0.05, 0) is 44.5 Å². The van der Waals surface area contributed by atoms with Crippen LogP contribution in [-0.4, -0.2) is 82.3 Å². The summed E-state index contributed by atoms with van der Waals surface area (Å²) < 4.78 is 0. The van der Waals surface area contributed by atoms with Crippen molar-refractivity contribution in [2.45, 2.75) is 38.1 Å². The van der Waals surface area contributed by atoms with Crippen LogP contribution in [0, 0.1) is 6.92 Å². The Morgan fingerprint density at radius 2 is 2.04 bits per heavy atom. The molecule has 1 aromatic heterocycles. The van der Waals surface area contributed by atoms with Gasteiger partial charge in [0.1, 0.15) is 5.82 Å². The number of aromatic amines is 1. The van der Waals surface area contributed by atoms with Crippen LogP contribution in [0.25, 0.3) is 11.0 Å². The third-order valence-corrected chi connectivity index (χ3v) is 6.52. The number of nitrogens with one attached hydrogen (secondary N) is 1. The summed E-state index contributed by atoms with van der Waals surface area (Å²) in [6.07, 6.45) is 2.68. The van der Waals surface area contributed by atoms with Gasteiger partial charge in [-0.15, -0.1) is 0 Å². The maximum atomic E-state index is 13.1. The highest BCUT2D eigenvalue weighted by molar-refractivity contribution is 5.82. The first-order chi connectivity index (χ1) is 13.4. The Bertz CT molecular complexity index is 907. The third-order valence-electron chi connectivity index (χ3n) is 6.52. The van der Waals surface area contributed by atoms with Crippen molar-refractivity contribution in [2.24, 2.45) is 0 Å². The van der Waals surface area contributed by atoms with Crippen LogP contribution in [0.1, 0.15) is 30.7 Å². The highest BCUT2D eigenvalue weighted by atomic mass is 16.2. The standard InChI is InChI=1S/C21H29N5O2/c1-15-22-17-5-4-16(12-18(17)23-15)13-20(28)26-11-10-25(3)21(14-26)7-6-19(27)24(2)9-8-21/h4-5,12H,6-11,13-14H2,1-3H3,(H,22,23)/t21-/m0/s1. The summed E-state index contributed by atoms with van der Waals surface area (Å²) in [6, 6.07) is 5.99. The lowest BCUT2D eigenvalue weighted by Crippen LogP contribution is -2.62. The van der Waals surface area contributed by atoms with Crippen molar-refractivity contribution in [3.63, 3.8) is 0 Å². The lowest BCUT2D eigenvalue weighted by atomic mass is 9.86. The van der Waals surface area contributed by atoms with E-state index in [-0.39, 0.29) is 17.4 Å². The van der Waals surface area contributed by atoms with E-state index in [1.165, 1.54) is 0 Å².